The van der Waals surface area contributed by atoms with E-state index in [1.54, 1.807) is 0 Å². The van der Waals surface area contributed by atoms with Crippen LogP contribution in [0.4, 0.5) is 0 Å². The van der Waals surface area contributed by atoms with Gasteiger partial charge in [0, 0.05) is 27.5 Å². The van der Waals surface area contributed by atoms with Crippen LogP contribution >= 0.6 is 0 Å². The summed E-state index contributed by atoms with van der Waals surface area (Å²) in [5.41, 5.74) is 17.2. The first kappa shape index (κ1) is 36.0. The highest BCUT2D eigenvalue weighted by atomic mass is 15.1. The lowest BCUT2D eigenvalue weighted by atomic mass is 9.70. The van der Waals surface area contributed by atoms with Crippen molar-refractivity contribution in [3.8, 4) is 79.3 Å². The van der Waals surface area contributed by atoms with Crippen molar-refractivity contribution in [2.24, 2.45) is 0 Å². The SMILES string of the molecule is N#Cc1cc(-c2ccccc2)cc(-c2nc(-c3ccccc3)nc(-c3ccccc3)n2)c1-n1c2ccccc2c2cc3c(cc21)-c1ccccc1C31c2ccccc2-c2ccccc21. The molecule has 0 saturated heterocycles. The number of nitrogens with zero attached hydrogens (tertiary/aromatic N) is 5. The summed E-state index contributed by atoms with van der Waals surface area (Å²) in [4.78, 5) is 15.6. The second-order valence-corrected chi connectivity index (χ2v) is 16.6. The van der Waals surface area contributed by atoms with Crippen LogP contribution in [0.3, 0.4) is 0 Å². The Hall–Kier alpha value is -8.72. The van der Waals surface area contributed by atoms with Crippen molar-refractivity contribution < 1.29 is 0 Å². The zero-order chi connectivity index (χ0) is 42.4. The Morgan fingerprint density at radius 2 is 0.844 bits per heavy atom. The lowest BCUT2D eigenvalue weighted by Gasteiger charge is -2.30. The summed E-state index contributed by atoms with van der Waals surface area (Å²) in [6.07, 6.45) is 0. The normalized spacial score (nSPS) is 12.8. The Morgan fingerprint density at radius 1 is 0.359 bits per heavy atom. The van der Waals surface area contributed by atoms with E-state index in [9.17, 15) is 5.26 Å². The van der Waals surface area contributed by atoms with E-state index < -0.39 is 5.41 Å². The van der Waals surface area contributed by atoms with Gasteiger partial charge in [0.1, 0.15) is 6.07 Å². The molecule has 2 aromatic heterocycles. The van der Waals surface area contributed by atoms with E-state index >= 15 is 0 Å². The first-order valence-electron chi connectivity index (χ1n) is 21.6. The Kier molecular flexibility index (Phi) is 7.82. The molecule has 0 unspecified atom stereocenters. The summed E-state index contributed by atoms with van der Waals surface area (Å²) in [6.45, 7) is 0. The average molecular weight is 814 g/mol. The van der Waals surface area contributed by atoms with Crippen LogP contribution < -0.4 is 0 Å². The topological polar surface area (TPSA) is 67.4 Å². The van der Waals surface area contributed by atoms with E-state index in [0.717, 1.165) is 55.3 Å². The number of aromatic nitrogens is 4. The fourth-order valence-electron chi connectivity index (χ4n) is 10.7. The first-order valence-corrected chi connectivity index (χ1v) is 21.6. The highest BCUT2D eigenvalue weighted by Gasteiger charge is 2.51. The monoisotopic (exact) mass is 813 g/mol. The molecule has 2 aliphatic rings. The number of nitriles is 1. The number of hydrogen-bond donors (Lipinski definition) is 0. The van der Waals surface area contributed by atoms with Gasteiger partial charge in [0.2, 0.25) is 0 Å². The van der Waals surface area contributed by atoms with Crippen LogP contribution in [-0.2, 0) is 5.41 Å². The fraction of sp³-hybridized carbons (Fsp3) is 0.0169. The summed E-state index contributed by atoms with van der Waals surface area (Å²) >= 11 is 0. The Morgan fingerprint density at radius 3 is 1.42 bits per heavy atom. The van der Waals surface area contributed by atoms with Gasteiger partial charge in [-0.1, -0.05) is 182 Å². The maximum atomic E-state index is 11.4. The van der Waals surface area contributed by atoms with Crippen LogP contribution in [0.1, 0.15) is 27.8 Å². The predicted octanol–water partition coefficient (Wildman–Crippen LogP) is 13.9. The van der Waals surface area contributed by atoms with E-state index in [1.807, 2.05) is 84.9 Å². The quantitative estimate of drug-likeness (QED) is 0.174. The van der Waals surface area contributed by atoms with Gasteiger partial charge in [0.15, 0.2) is 17.5 Å². The molecule has 0 fully saturated rings. The molecule has 11 aromatic rings. The number of benzene rings is 9. The molecule has 0 atom stereocenters. The van der Waals surface area contributed by atoms with Crippen LogP contribution in [0.15, 0.2) is 212 Å². The Balaban J connectivity index is 1.15. The Labute approximate surface area is 369 Å². The highest BCUT2D eigenvalue weighted by Crippen LogP contribution is 2.63. The molecule has 5 nitrogen and oxygen atoms in total. The van der Waals surface area contributed by atoms with Gasteiger partial charge >= 0.3 is 0 Å². The maximum absolute atomic E-state index is 11.4. The number of hydrogen-bond acceptors (Lipinski definition) is 4. The molecule has 9 aromatic carbocycles. The minimum absolute atomic E-state index is 0.479. The summed E-state index contributed by atoms with van der Waals surface area (Å²) < 4.78 is 2.28. The fourth-order valence-corrected chi connectivity index (χ4v) is 10.7. The maximum Gasteiger partial charge on any atom is 0.166 e. The molecule has 0 amide bonds. The molecular formula is C59H35N5. The van der Waals surface area contributed by atoms with Gasteiger partial charge in [0.25, 0.3) is 0 Å². The predicted molar refractivity (Wildman–Crippen MR) is 257 cm³/mol. The molecule has 64 heavy (non-hydrogen) atoms. The molecule has 2 aliphatic carbocycles. The smallest absolute Gasteiger partial charge is 0.166 e. The summed E-state index contributed by atoms with van der Waals surface area (Å²) in [5, 5.41) is 13.6. The zero-order valence-electron chi connectivity index (χ0n) is 34.4. The van der Waals surface area contributed by atoms with Crippen molar-refractivity contribution in [1.29, 1.82) is 5.26 Å². The van der Waals surface area contributed by atoms with Crippen molar-refractivity contribution in [3.05, 3.63) is 240 Å². The van der Waals surface area contributed by atoms with Crippen molar-refractivity contribution in [3.63, 3.8) is 0 Å². The standard InChI is InChI=1S/C59H35N5/c60-36-41-32-40(37-18-4-1-5-19-37)33-48(58-62-56(38-20-6-2-7-21-38)61-57(63-58)39-22-8-3-9-23-39)55(41)64-53-31-17-13-27-45(53)47-34-52-46(35-54(47)64)44-26-12-16-30-51(44)59(52)49-28-14-10-24-42(49)43-25-11-15-29-50(43)59/h1-35H. The van der Waals surface area contributed by atoms with Crippen LogP contribution in [0.5, 0.6) is 0 Å². The average Bonchev–Trinajstić information content (AvgIpc) is 3.97. The van der Waals surface area contributed by atoms with Gasteiger partial charge in [0.05, 0.1) is 27.7 Å². The van der Waals surface area contributed by atoms with Crippen LogP contribution in [0.25, 0.3) is 95.0 Å². The lowest BCUT2D eigenvalue weighted by Crippen LogP contribution is -2.25. The van der Waals surface area contributed by atoms with E-state index in [2.05, 4.69) is 138 Å². The van der Waals surface area contributed by atoms with Crippen molar-refractivity contribution >= 4 is 21.8 Å². The van der Waals surface area contributed by atoms with Crippen LogP contribution in [0, 0.1) is 11.3 Å². The largest absolute Gasteiger partial charge is 0.307 e. The molecule has 0 aliphatic heterocycles. The van der Waals surface area contributed by atoms with Gasteiger partial charge in [-0.15, -0.1) is 0 Å². The van der Waals surface area contributed by atoms with Crippen LogP contribution in [-0.4, -0.2) is 19.5 Å². The van der Waals surface area contributed by atoms with Gasteiger partial charge in [-0.3, -0.25) is 0 Å². The summed E-state index contributed by atoms with van der Waals surface area (Å²) in [6, 6.07) is 77.2. The molecular weight excluding hydrogens is 779 g/mol. The Bertz CT molecular complexity index is 3630. The second kappa shape index (κ2) is 13.9. The number of rotatable bonds is 5. The molecule has 296 valence electrons. The van der Waals surface area contributed by atoms with Gasteiger partial charge in [-0.2, -0.15) is 5.26 Å². The second-order valence-electron chi connectivity index (χ2n) is 16.6. The van der Waals surface area contributed by atoms with Crippen LogP contribution in [0.2, 0.25) is 0 Å². The lowest BCUT2D eigenvalue weighted by molar-refractivity contribution is 0.795. The minimum Gasteiger partial charge on any atom is -0.307 e. The molecule has 0 saturated carbocycles. The highest BCUT2D eigenvalue weighted by molar-refractivity contribution is 6.13. The minimum atomic E-state index is -0.497. The van der Waals surface area contributed by atoms with E-state index in [4.69, 9.17) is 15.0 Å². The van der Waals surface area contributed by atoms with E-state index in [0.29, 0.717) is 23.0 Å². The van der Waals surface area contributed by atoms with Gasteiger partial charge in [-0.05, 0) is 86.0 Å². The third kappa shape index (κ3) is 5.08. The number of para-hydroxylation sites is 1. The third-order valence-electron chi connectivity index (χ3n) is 13.3. The molecule has 0 radical (unpaired) electrons. The first-order chi connectivity index (χ1) is 31.7. The molecule has 13 rings (SSSR count). The molecule has 2 heterocycles. The van der Waals surface area contributed by atoms with Crippen molar-refractivity contribution in [2.45, 2.75) is 5.41 Å². The molecule has 0 N–H and O–H groups in total. The van der Waals surface area contributed by atoms with Crippen molar-refractivity contribution in [2.75, 3.05) is 0 Å². The van der Waals surface area contributed by atoms with Gasteiger partial charge in [-0.25, -0.2) is 15.0 Å². The van der Waals surface area contributed by atoms with Crippen molar-refractivity contribution in [1.82, 2.24) is 19.5 Å². The number of fused-ring (bicyclic) bond motifs is 13. The molecule has 1 spiro atoms. The van der Waals surface area contributed by atoms with E-state index in [-0.39, 0.29) is 0 Å². The molecule has 5 heteroatoms. The van der Waals surface area contributed by atoms with E-state index in [1.165, 1.54) is 44.5 Å². The summed E-state index contributed by atoms with van der Waals surface area (Å²) in [7, 11) is 0. The summed E-state index contributed by atoms with van der Waals surface area (Å²) in [5.74, 6) is 1.59. The van der Waals surface area contributed by atoms with Gasteiger partial charge < -0.3 is 4.57 Å². The third-order valence-corrected chi connectivity index (χ3v) is 13.3. The zero-order valence-corrected chi connectivity index (χ0v) is 34.4. The molecule has 0 bridgehead atoms.